The zero-order valence-electron chi connectivity index (χ0n) is 27.6. The van der Waals surface area contributed by atoms with Gasteiger partial charge in [-0.3, -0.25) is 9.97 Å². The van der Waals surface area contributed by atoms with E-state index in [1.807, 2.05) is 61.4 Å². The summed E-state index contributed by atoms with van der Waals surface area (Å²) in [6.45, 7) is 4.12. The fraction of sp³-hybridized carbons (Fsp3) is 0.0682. The summed E-state index contributed by atoms with van der Waals surface area (Å²) in [5.41, 5.74) is 15.2. The van der Waals surface area contributed by atoms with Crippen molar-refractivity contribution in [2.24, 2.45) is 7.05 Å². The standard InChI is InChI=1S/C44H34N4O/c1-28-14-19-42(49)38(20-28)44-47-43-39(26-45-27-41(43)48(44)3)35-21-34(31-12-8-5-9-13-31)22-36(23-35)40-24-37(29(2)25-46-40)33-17-15-32(16-18-33)30-10-6-4-7-11-30/h4-27,49H,1-3H3. The number of pyridine rings is 2. The summed E-state index contributed by atoms with van der Waals surface area (Å²) >= 11 is 0. The molecule has 0 aliphatic heterocycles. The van der Waals surface area contributed by atoms with Crippen molar-refractivity contribution in [3.8, 4) is 72.9 Å². The van der Waals surface area contributed by atoms with Crippen LogP contribution in [-0.4, -0.2) is 24.6 Å². The minimum atomic E-state index is 0.197. The lowest BCUT2D eigenvalue weighted by molar-refractivity contribution is 0.476. The molecule has 0 radical (unpaired) electrons. The van der Waals surface area contributed by atoms with Gasteiger partial charge in [0.2, 0.25) is 0 Å². The number of aromatic hydroxyl groups is 1. The second-order valence-electron chi connectivity index (χ2n) is 12.6. The van der Waals surface area contributed by atoms with Crippen molar-refractivity contribution in [1.82, 2.24) is 19.5 Å². The predicted molar refractivity (Wildman–Crippen MR) is 200 cm³/mol. The second kappa shape index (κ2) is 12.4. The van der Waals surface area contributed by atoms with E-state index in [1.165, 1.54) is 11.1 Å². The van der Waals surface area contributed by atoms with Crippen LogP contribution < -0.4 is 0 Å². The molecule has 3 heterocycles. The van der Waals surface area contributed by atoms with Gasteiger partial charge in [-0.15, -0.1) is 0 Å². The number of rotatable bonds is 6. The van der Waals surface area contributed by atoms with E-state index in [0.717, 1.165) is 66.8 Å². The average Bonchev–Trinajstić information content (AvgIpc) is 3.49. The molecule has 5 heteroatoms. The van der Waals surface area contributed by atoms with Gasteiger partial charge in [0.05, 0.1) is 23.0 Å². The van der Waals surface area contributed by atoms with Gasteiger partial charge in [-0.1, -0.05) is 96.6 Å². The first-order chi connectivity index (χ1) is 23.9. The Morgan fingerprint density at radius 2 is 1.16 bits per heavy atom. The molecule has 0 saturated carbocycles. The topological polar surface area (TPSA) is 63.8 Å². The van der Waals surface area contributed by atoms with Crippen LogP contribution in [0, 0.1) is 13.8 Å². The van der Waals surface area contributed by atoms with E-state index in [4.69, 9.17) is 9.97 Å². The quantitative estimate of drug-likeness (QED) is 0.198. The Labute approximate surface area is 285 Å². The van der Waals surface area contributed by atoms with E-state index < -0.39 is 0 Å². The number of aromatic nitrogens is 4. The molecule has 0 unspecified atom stereocenters. The highest BCUT2D eigenvalue weighted by Gasteiger charge is 2.19. The Morgan fingerprint density at radius 3 is 1.90 bits per heavy atom. The molecule has 0 bridgehead atoms. The van der Waals surface area contributed by atoms with Gasteiger partial charge in [0, 0.05) is 30.6 Å². The van der Waals surface area contributed by atoms with Crippen LogP contribution in [-0.2, 0) is 7.05 Å². The maximum Gasteiger partial charge on any atom is 0.144 e. The molecule has 8 aromatic rings. The van der Waals surface area contributed by atoms with Gasteiger partial charge in [0.25, 0.3) is 0 Å². The van der Waals surface area contributed by atoms with Crippen molar-refractivity contribution < 1.29 is 5.11 Å². The van der Waals surface area contributed by atoms with Crippen molar-refractivity contribution in [3.63, 3.8) is 0 Å². The maximum atomic E-state index is 10.8. The molecule has 0 aliphatic rings. The zero-order valence-corrected chi connectivity index (χ0v) is 27.6. The fourth-order valence-electron chi connectivity index (χ4n) is 6.58. The molecule has 8 rings (SSSR count). The molecule has 0 saturated heterocycles. The van der Waals surface area contributed by atoms with Crippen LogP contribution in [0.3, 0.4) is 0 Å². The Morgan fingerprint density at radius 1 is 0.531 bits per heavy atom. The van der Waals surface area contributed by atoms with Gasteiger partial charge >= 0.3 is 0 Å². The average molecular weight is 635 g/mol. The molecule has 236 valence electrons. The van der Waals surface area contributed by atoms with Gasteiger partial charge in [0.15, 0.2) is 0 Å². The largest absolute Gasteiger partial charge is 0.507 e. The Hall–Kier alpha value is -6.33. The summed E-state index contributed by atoms with van der Waals surface area (Å²) in [5.74, 6) is 0.885. The van der Waals surface area contributed by atoms with E-state index in [2.05, 4.69) is 109 Å². The third-order valence-corrected chi connectivity index (χ3v) is 9.24. The van der Waals surface area contributed by atoms with Gasteiger partial charge in [0.1, 0.15) is 17.1 Å². The number of hydrogen-bond acceptors (Lipinski definition) is 4. The number of hydrogen-bond donors (Lipinski definition) is 1. The summed E-state index contributed by atoms with van der Waals surface area (Å²) in [6.07, 6.45) is 5.68. The SMILES string of the molecule is Cc1ccc(O)c(-c2nc3c(-c4cc(-c5ccccc5)cc(-c5cc(-c6ccc(-c7ccccc7)cc6)c(C)cn5)c4)cncc3n2C)c1. The van der Waals surface area contributed by atoms with Crippen molar-refractivity contribution in [2.45, 2.75) is 13.8 Å². The second-order valence-corrected chi connectivity index (χ2v) is 12.6. The molecular weight excluding hydrogens is 601 g/mol. The number of phenols is 1. The normalized spacial score (nSPS) is 11.2. The molecule has 0 spiro atoms. The summed E-state index contributed by atoms with van der Waals surface area (Å²) < 4.78 is 2.00. The van der Waals surface area contributed by atoms with E-state index in [-0.39, 0.29) is 5.75 Å². The van der Waals surface area contributed by atoms with Gasteiger partial charge in [-0.05, 0) is 94.8 Å². The van der Waals surface area contributed by atoms with Crippen LogP contribution in [0.5, 0.6) is 5.75 Å². The van der Waals surface area contributed by atoms with E-state index in [0.29, 0.717) is 11.4 Å². The van der Waals surface area contributed by atoms with Gasteiger partial charge in [-0.25, -0.2) is 4.98 Å². The highest BCUT2D eigenvalue weighted by molar-refractivity contribution is 5.96. The number of phenolic OH excluding ortho intramolecular Hbond substituents is 1. The zero-order chi connectivity index (χ0) is 33.5. The maximum absolute atomic E-state index is 10.8. The lowest BCUT2D eigenvalue weighted by Gasteiger charge is -2.13. The number of aryl methyl sites for hydroxylation is 3. The highest BCUT2D eigenvalue weighted by Crippen LogP contribution is 2.38. The third kappa shape index (κ3) is 5.66. The van der Waals surface area contributed by atoms with Crippen LogP contribution in [0.2, 0.25) is 0 Å². The summed E-state index contributed by atoms with van der Waals surface area (Å²) in [4.78, 5) is 14.7. The smallest absolute Gasteiger partial charge is 0.144 e. The molecule has 0 amide bonds. The molecule has 3 aromatic heterocycles. The van der Waals surface area contributed by atoms with Gasteiger partial charge in [-0.2, -0.15) is 0 Å². The van der Waals surface area contributed by atoms with Crippen LogP contribution in [0.15, 0.2) is 146 Å². The van der Waals surface area contributed by atoms with E-state index in [9.17, 15) is 5.11 Å². The number of benzene rings is 5. The van der Waals surface area contributed by atoms with Crippen molar-refractivity contribution in [1.29, 1.82) is 0 Å². The first-order valence-corrected chi connectivity index (χ1v) is 16.4. The number of nitrogens with zero attached hydrogens (tertiary/aromatic N) is 4. The van der Waals surface area contributed by atoms with Crippen LogP contribution in [0.4, 0.5) is 0 Å². The summed E-state index contributed by atoms with van der Waals surface area (Å²) in [5, 5.41) is 10.8. The first kappa shape index (κ1) is 30.0. The van der Waals surface area contributed by atoms with E-state index >= 15 is 0 Å². The minimum absolute atomic E-state index is 0.197. The summed E-state index contributed by atoms with van der Waals surface area (Å²) in [6, 6.07) is 44.0. The van der Waals surface area contributed by atoms with Crippen molar-refractivity contribution in [3.05, 3.63) is 157 Å². The molecular formula is C44H34N4O. The molecule has 0 atom stereocenters. The molecule has 5 aromatic carbocycles. The van der Waals surface area contributed by atoms with Crippen LogP contribution >= 0.6 is 0 Å². The number of fused-ring (bicyclic) bond motifs is 1. The van der Waals surface area contributed by atoms with Crippen LogP contribution in [0.25, 0.3) is 78.2 Å². The van der Waals surface area contributed by atoms with Crippen LogP contribution in [0.1, 0.15) is 11.1 Å². The Balaban J connectivity index is 1.27. The molecule has 5 nitrogen and oxygen atoms in total. The monoisotopic (exact) mass is 634 g/mol. The molecule has 0 fully saturated rings. The van der Waals surface area contributed by atoms with Crippen molar-refractivity contribution >= 4 is 11.0 Å². The Bertz CT molecular complexity index is 2470. The highest BCUT2D eigenvalue weighted by atomic mass is 16.3. The lowest BCUT2D eigenvalue weighted by Crippen LogP contribution is -1.94. The van der Waals surface area contributed by atoms with Crippen molar-refractivity contribution in [2.75, 3.05) is 0 Å². The third-order valence-electron chi connectivity index (χ3n) is 9.24. The number of imidazole rings is 1. The lowest BCUT2D eigenvalue weighted by atomic mass is 9.93. The first-order valence-electron chi connectivity index (χ1n) is 16.4. The van der Waals surface area contributed by atoms with Gasteiger partial charge < -0.3 is 9.67 Å². The fourth-order valence-corrected chi connectivity index (χ4v) is 6.58. The summed E-state index contributed by atoms with van der Waals surface area (Å²) in [7, 11) is 1.97. The predicted octanol–water partition coefficient (Wildman–Crippen LogP) is 10.7. The molecule has 49 heavy (non-hydrogen) atoms. The molecule has 1 N–H and O–H groups in total. The molecule has 0 aliphatic carbocycles. The minimum Gasteiger partial charge on any atom is -0.507 e. The van der Waals surface area contributed by atoms with E-state index in [1.54, 1.807) is 6.07 Å². The Kier molecular flexibility index (Phi) is 7.58.